The van der Waals surface area contributed by atoms with Crippen LogP contribution in [0.3, 0.4) is 0 Å². The number of hydrogen-bond acceptors (Lipinski definition) is 6. The SMILES string of the molecule is COc1ccc2cc([C@H](C)C(=O)OCCOC(=O)NC[C@H]3CC[C@H](C(=O)O)CC3)ccc2c1. The summed E-state index contributed by atoms with van der Waals surface area (Å²) in [6.07, 6.45) is 2.25. The Bertz CT molecular complexity index is 982. The first-order valence-electron chi connectivity index (χ1n) is 11.2. The first-order valence-corrected chi connectivity index (χ1v) is 11.2. The van der Waals surface area contributed by atoms with E-state index in [9.17, 15) is 14.4 Å². The monoisotopic (exact) mass is 457 g/mol. The summed E-state index contributed by atoms with van der Waals surface area (Å²) in [6, 6.07) is 11.5. The van der Waals surface area contributed by atoms with Gasteiger partial charge in [0, 0.05) is 6.54 Å². The van der Waals surface area contributed by atoms with Gasteiger partial charge >= 0.3 is 18.0 Å². The minimum atomic E-state index is -0.744. The topological polar surface area (TPSA) is 111 Å². The van der Waals surface area contributed by atoms with Gasteiger partial charge in [0.15, 0.2) is 0 Å². The second-order valence-electron chi connectivity index (χ2n) is 8.43. The molecule has 0 aliphatic heterocycles. The third kappa shape index (κ3) is 6.84. The highest BCUT2D eigenvalue weighted by molar-refractivity contribution is 5.86. The molecule has 1 amide bonds. The molecule has 0 unspecified atom stereocenters. The van der Waals surface area contributed by atoms with Crippen molar-refractivity contribution in [2.45, 2.75) is 38.5 Å². The zero-order valence-electron chi connectivity index (χ0n) is 19.0. The van der Waals surface area contributed by atoms with Gasteiger partial charge in [-0.15, -0.1) is 0 Å². The molecule has 2 N–H and O–H groups in total. The largest absolute Gasteiger partial charge is 0.497 e. The third-order valence-corrected chi connectivity index (χ3v) is 6.22. The van der Waals surface area contributed by atoms with Crippen LogP contribution < -0.4 is 10.1 Å². The van der Waals surface area contributed by atoms with E-state index in [1.54, 1.807) is 14.0 Å². The predicted molar refractivity (Wildman–Crippen MR) is 122 cm³/mol. The summed E-state index contributed by atoms with van der Waals surface area (Å²) in [6.45, 7) is 2.17. The normalized spacial score (nSPS) is 18.8. The van der Waals surface area contributed by atoms with Gasteiger partial charge in [0.05, 0.1) is 18.9 Å². The Balaban J connectivity index is 1.35. The van der Waals surface area contributed by atoms with Crippen molar-refractivity contribution in [3.8, 4) is 5.75 Å². The number of esters is 1. The molecule has 1 aliphatic rings. The average molecular weight is 458 g/mol. The maximum absolute atomic E-state index is 12.4. The summed E-state index contributed by atoms with van der Waals surface area (Å²) in [7, 11) is 1.62. The Labute approximate surface area is 193 Å². The summed E-state index contributed by atoms with van der Waals surface area (Å²) in [4.78, 5) is 35.2. The number of carboxylic acids is 1. The minimum Gasteiger partial charge on any atom is -0.497 e. The molecule has 0 bridgehead atoms. The van der Waals surface area contributed by atoms with Gasteiger partial charge in [0.25, 0.3) is 0 Å². The fraction of sp³-hybridized carbons (Fsp3) is 0.480. The van der Waals surface area contributed by atoms with Gasteiger partial charge in [-0.25, -0.2) is 4.79 Å². The van der Waals surface area contributed by atoms with E-state index in [4.69, 9.17) is 19.3 Å². The van der Waals surface area contributed by atoms with Gasteiger partial charge in [-0.1, -0.05) is 24.3 Å². The molecule has 1 atom stereocenters. The molecule has 8 nitrogen and oxygen atoms in total. The van der Waals surface area contributed by atoms with Crippen molar-refractivity contribution in [3.05, 3.63) is 42.0 Å². The van der Waals surface area contributed by atoms with E-state index in [0.717, 1.165) is 34.9 Å². The summed E-state index contributed by atoms with van der Waals surface area (Å²) >= 11 is 0. The highest BCUT2D eigenvalue weighted by Gasteiger charge is 2.26. The molecular weight excluding hydrogens is 426 g/mol. The van der Waals surface area contributed by atoms with E-state index in [-0.39, 0.29) is 31.0 Å². The maximum Gasteiger partial charge on any atom is 0.407 e. The number of rotatable bonds is 9. The summed E-state index contributed by atoms with van der Waals surface area (Å²) in [5, 5.41) is 13.8. The van der Waals surface area contributed by atoms with E-state index >= 15 is 0 Å². The zero-order chi connectivity index (χ0) is 23.8. The number of aliphatic carboxylic acids is 1. The highest BCUT2D eigenvalue weighted by Crippen LogP contribution is 2.28. The van der Waals surface area contributed by atoms with Gasteiger partial charge in [-0.05, 0) is 67.0 Å². The summed E-state index contributed by atoms with van der Waals surface area (Å²) < 4.78 is 15.6. The van der Waals surface area contributed by atoms with Gasteiger partial charge in [-0.2, -0.15) is 0 Å². The van der Waals surface area contributed by atoms with Crippen LogP contribution >= 0.6 is 0 Å². The fourth-order valence-corrected chi connectivity index (χ4v) is 4.07. The van der Waals surface area contributed by atoms with E-state index in [1.165, 1.54) is 0 Å². The number of carbonyl (C=O) groups is 3. The number of amides is 1. The number of alkyl carbamates (subject to hydrolysis) is 1. The second-order valence-corrected chi connectivity index (χ2v) is 8.43. The molecule has 2 aromatic rings. The minimum absolute atomic E-state index is 0.0227. The van der Waals surface area contributed by atoms with Crippen LogP contribution in [-0.4, -0.2) is 50.0 Å². The number of methoxy groups -OCH3 is 1. The smallest absolute Gasteiger partial charge is 0.407 e. The van der Waals surface area contributed by atoms with Crippen molar-refractivity contribution in [1.29, 1.82) is 0 Å². The van der Waals surface area contributed by atoms with E-state index in [1.807, 2.05) is 36.4 Å². The lowest BCUT2D eigenvalue weighted by Crippen LogP contribution is -2.33. The molecule has 2 aromatic carbocycles. The van der Waals surface area contributed by atoms with Crippen molar-refractivity contribution >= 4 is 28.8 Å². The van der Waals surface area contributed by atoms with Crippen LogP contribution in [0.1, 0.15) is 44.1 Å². The van der Waals surface area contributed by atoms with Crippen molar-refractivity contribution in [3.63, 3.8) is 0 Å². The van der Waals surface area contributed by atoms with E-state index < -0.39 is 18.0 Å². The summed E-state index contributed by atoms with van der Waals surface area (Å²) in [5.41, 5.74) is 0.842. The quantitative estimate of drug-likeness (QED) is 0.430. The molecule has 1 saturated carbocycles. The molecule has 1 aliphatic carbocycles. The Kier molecular flexibility index (Phi) is 8.52. The Morgan fingerprint density at radius 3 is 2.36 bits per heavy atom. The van der Waals surface area contributed by atoms with Crippen LogP contribution in [0.2, 0.25) is 0 Å². The number of ether oxygens (including phenoxy) is 3. The lowest BCUT2D eigenvalue weighted by atomic mass is 9.82. The van der Waals surface area contributed by atoms with Crippen LogP contribution in [0.5, 0.6) is 5.75 Å². The van der Waals surface area contributed by atoms with Gasteiger partial charge in [-0.3, -0.25) is 9.59 Å². The van der Waals surface area contributed by atoms with Gasteiger partial charge < -0.3 is 24.6 Å². The van der Waals surface area contributed by atoms with Crippen molar-refractivity contribution in [1.82, 2.24) is 5.32 Å². The molecule has 0 saturated heterocycles. The van der Waals surface area contributed by atoms with Gasteiger partial charge in [0.1, 0.15) is 19.0 Å². The number of hydrogen-bond donors (Lipinski definition) is 2. The van der Waals surface area contributed by atoms with Crippen LogP contribution in [0.15, 0.2) is 36.4 Å². The van der Waals surface area contributed by atoms with E-state index in [0.29, 0.717) is 19.4 Å². The van der Waals surface area contributed by atoms with E-state index in [2.05, 4.69) is 5.32 Å². The number of carboxylic acid groups (broad SMARTS) is 1. The highest BCUT2D eigenvalue weighted by atomic mass is 16.6. The Morgan fingerprint density at radius 2 is 1.67 bits per heavy atom. The molecule has 8 heteroatoms. The molecule has 3 rings (SSSR count). The zero-order valence-corrected chi connectivity index (χ0v) is 19.0. The fourth-order valence-electron chi connectivity index (χ4n) is 4.07. The first kappa shape index (κ1) is 24.4. The molecule has 0 radical (unpaired) electrons. The molecule has 0 aromatic heterocycles. The first-order chi connectivity index (χ1) is 15.9. The molecule has 0 spiro atoms. The van der Waals surface area contributed by atoms with Crippen LogP contribution in [0.25, 0.3) is 10.8 Å². The standard InChI is InChI=1S/C25H31NO7/c1-16(19-7-8-21-14-22(31-2)10-9-20(21)13-19)24(29)32-11-12-33-25(30)26-15-17-3-5-18(6-4-17)23(27)28/h7-10,13-14,16-18H,3-6,11-12,15H2,1-2H3,(H,26,30)(H,27,28)/t16-,17-,18-/m0/s1. The lowest BCUT2D eigenvalue weighted by molar-refractivity contribution is -0.146. The molecule has 0 heterocycles. The second kappa shape index (κ2) is 11.5. The van der Waals surface area contributed by atoms with Crippen LogP contribution in [0, 0.1) is 11.8 Å². The van der Waals surface area contributed by atoms with Gasteiger partial charge in [0.2, 0.25) is 0 Å². The predicted octanol–water partition coefficient (Wildman–Crippen LogP) is 4.11. The Hall–Kier alpha value is -3.29. The van der Waals surface area contributed by atoms with Crippen molar-refractivity contribution in [2.24, 2.45) is 11.8 Å². The van der Waals surface area contributed by atoms with Crippen LogP contribution in [-0.2, 0) is 19.1 Å². The Morgan fingerprint density at radius 1 is 1.00 bits per heavy atom. The van der Waals surface area contributed by atoms with Crippen LogP contribution in [0.4, 0.5) is 4.79 Å². The average Bonchev–Trinajstić information content (AvgIpc) is 2.84. The number of nitrogens with one attached hydrogen (secondary N) is 1. The number of carbonyl (C=O) groups excluding carboxylic acids is 2. The molecular formula is C25H31NO7. The third-order valence-electron chi connectivity index (χ3n) is 6.22. The summed E-state index contributed by atoms with van der Waals surface area (Å²) in [5.74, 6) is -0.824. The molecule has 33 heavy (non-hydrogen) atoms. The van der Waals surface area contributed by atoms with Crippen molar-refractivity contribution < 1.29 is 33.7 Å². The molecule has 178 valence electrons. The van der Waals surface area contributed by atoms with Crippen molar-refractivity contribution in [2.75, 3.05) is 26.9 Å². The molecule has 1 fully saturated rings. The number of benzene rings is 2. The lowest BCUT2D eigenvalue weighted by Gasteiger charge is -2.25. The maximum atomic E-state index is 12.4. The number of fused-ring (bicyclic) bond motifs is 1.